The van der Waals surface area contributed by atoms with E-state index in [1.165, 1.54) is 4.90 Å². The number of likely N-dealkylation sites (tertiary alicyclic amines) is 1. The standard InChI is InChI=1S/C14H21N3O3/c1-9-11(10(2)16(3)15-9)6-7-13(18)17-8-4-5-12(17)14(19)20/h12H,4-8H2,1-3H3,(H,19,20)/t12-/m0/s1. The maximum absolute atomic E-state index is 12.2. The molecule has 1 atom stereocenters. The first kappa shape index (κ1) is 14.6. The number of aromatic nitrogens is 2. The number of aryl methyl sites for hydroxylation is 2. The second kappa shape index (κ2) is 5.64. The molecule has 1 aliphatic rings. The molecule has 1 aliphatic heterocycles. The molecule has 1 aromatic rings. The fourth-order valence-corrected chi connectivity index (χ4v) is 2.88. The van der Waals surface area contributed by atoms with E-state index in [1.807, 2.05) is 25.6 Å². The SMILES string of the molecule is Cc1nn(C)c(C)c1CCC(=O)N1CCC[C@H]1C(=O)O. The van der Waals surface area contributed by atoms with E-state index in [2.05, 4.69) is 5.10 Å². The summed E-state index contributed by atoms with van der Waals surface area (Å²) in [7, 11) is 1.88. The topological polar surface area (TPSA) is 75.4 Å². The summed E-state index contributed by atoms with van der Waals surface area (Å²) in [6.07, 6.45) is 2.30. The molecule has 0 bridgehead atoms. The van der Waals surface area contributed by atoms with Crippen molar-refractivity contribution in [3.05, 3.63) is 17.0 Å². The minimum Gasteiger partial charge on any atom is -0.480 e. The van der Waals surface area contributed by atoms with Gasteiger partial charge in [0.25, 0.3) is 0 Å². The van der Waals surface area contributed by atoms with Crippen LogP contribution in [0.2, 0.25) is 0 Å². The molecule has 0 radical (unpaired) electrons. The van der Waals surface area contributed by atoms with E-state index < -0.39 is 12.0 Å². The van der Waals surface area contributed by atoms with E-state index in [4.69, 9.17) is 5.11 Å². The zero-order chi connectivity index (χ0) is 14.9. The number of carboxylic acids is 1. The lowest BCUT2D eigenvalue weighted by Crippen LogP contribution is -2.40. The Balaban J connectivity index is 2.00. The van der Waals surface area contributed by atoms with E-state index in [-0.39, 0.29) is 5.91 Å². The summed E-state index contributed by atoms with van der Waals surface area (Å²) in [5, 5.41) is 13.4. The van der Waals surface area contributed by atoms with E-state index in [0.717, 1.165) is 23.4 Å². The lowest BCUT2D eigenvalue weighted by atomic mass is 10.1. The number of hydrogen-bond acceptors (Lipinski definition) is 3. The molecule has 6 heteroatoms. The first-order valence-electron chi connectivity index (χ1n) is 6.93. The second-order valence-electron chi connectivity index (χ2n) is 5.36. The van der Waals surface area contributed by atoms with E-state index in [9.17, 15) is 9.59 Å². The maximum Gasteiger partial charge on any atom is 0.326 e. The molecule has 2 heterocycles. The predicted octanol–water partition coefficient (Wildman–Crippen LogP) is 1.05. The summed E-state index contributed by atoms with van der Waals surface area (Å²) in [6.45, 7) is 4.47. The Morgan fingerprint density at radius 2 is 2.10 bits per heavy atom. The van der Waals surface area contributed by atoms with Crippen molar-refractivity contribution in [1.82, 2.24) is 14.7 Å². The van der Waals surface area contributed by atoms with Crippen LogP contribution < -0.4 is 0 Å². The fraction of sp³-hybridized carbons (Fsp3) is 0.643. The Kier molecular flexibility index (Phi) is 4.11. The van der Waals surface area contributed by atoms with Crippen molar-refractivity contribution in [1.29, 1.82) is 0 Å². The Morgan fingerprint density at radius 3 is 2.65 bits per heavy atom. The molecule has 6 nitrogen and oxygen atoms in total. The number of rotatable bonds is 4. The number of carbonyl (C=O) groups excluding carboxylic acids is 1. The van der Waals surface area contributed by atoms with Crippen LogP contribution in [-0.4, -0.2) is 44.3 Å². The lowest BCUT2D eigenvalue weighted by Gasteiger charge is -2.21. The van der Waals surface area contributed by atoms with Crippen LogP contribution in [0.5, 0.6) is 0 Å². The van der Waals surface area contributed by atoms with Crippen molar-refractivity contribution in [2.45, 2.75) is 45.6 Å². The number of amides is 1. The van der Waals surface area contributed by atoms with Crippen molar-refractivity contribution in [3.63, 3.8) is 0 Å². The van der Waals surface area contributed by atoms with Gasteiger partial charge >= 0.3 is 5.97 Å². The molecular formula is C14H21N3O3. The fourth-order valence-electron chi connectivity index (χ4n) is 2.88. The van der Waals surface area contributed by atoms with Crippen molar-refractivity contribution in [2.24, 2.45) is 7.05 Å². The molecule has 1 fully saturated rings. The van der Waals surface area contributed by atoms with Gasteiger partial charge in [-0.2, -0.15) is 5.10 Å². The van der Waals surface area contributed by atoms with Gasteiger partial charge in [0, 0.05) is 25.7 Å². The van der Waals surface area contributed by atoms with E-state index >= 15 is 0 Å². The van der Waals surface area contributed by atoms with Crippen molar-refractivity contribution in [3.8, 4) is 0 Å². The smallest absolute Gasteiger partial charge is 0.326 e. The van der Waals surface area contributed by atoms with E-state index in [0.29, 0.717) is 25.8 Å². The average molecular weight is 279 g/mol. The average Bonchev–Trinajstić information content (AvgIpc) is 2.95. The molecule has 1 aromatic heterocycles. The Labute approximate surface area is 118 Å². The number of carbonyl (C=O) groups is 2. The quantitative estimate of drug-likeness (QED) is 0.893. The Bertz CT molecular complexity index is 536. The summed E-state index contributed by atoms with van der Waals surface area (Å²) in [5.74, 6) is -0.970. The molecular weight excluding hydrogens is 258 g/mol. The highest BCUT2D eigenvalue weighted by Gasteiger charge is 2.33. The molecule has 20 heavy (non-hydrogen) atoms. The van der Waals surface area contributed by atoms with Crippen LogP contribution >= 0.6 is 0 Å². The minimum atomic E-state index is -0.899. The predicted molar refractivity (Wildman–Crippen MR) is 73.4 cm³/mol. The first-order valence-corrected chi connectivity index (χ1v) is 6.93. The summed E-state index contributed by atoms with van der Waals surface area (Å²) in [4.78, 5) is 24.8. The van der Waals surface area contributed by atoms with Crippen LogP contribution in [-0.2, 0) is 23.1 Å². The van der Waals surface area contributed by atoms with Gasteiger partial charge in [-0.3, -0.25) is 9.48 Å². The highest BCUT2D eigenvalue weighted by Crippen LogP contribution is 2.20. The second-order valence-corrected chi connectivity index (χ2v) is 5.36. The molecule has 1 N–H and O–H groups in total. The van der Waals surface area contributed by atoms with Crippen LogP contribution in [0.1, 0.15) is 36.2 Å². The molecule has 110 valence electrons. The normalized spacial score (nSPS) is 18.6. The van der Waals surface area contributed by atoms with Crippen molar-refractivity contribution >= 4 is 11.9 Å². The highest BCUT2D eigenvalue weighted by molar-refractivity contribution is 5.84. The van der Waals surface area contributed by atoms with E-state index in [1.54, 1.807) is 0 Å². The lowest BCUT2D eigenvalue weighted by molar-refractivity contribution is -0.148. The van der Waals surface area contributed by atoms with Crippen LogP contribution in [0.25, 0.3) is 0 Å². The van der Waals surface area contributed by atoms with Gasteiger partial charge in [-0.25, -0.2) is 4.79 Å². The van der Waals surface area contributed by atoms with Crippen LogP contribution in [0.3, 0.4) is 0 Å². The summed E-state index contributed by atoms with van der Waals surface area (Å²) in [5.41, 5.74) is 3.09. The van der Waals surface area contributed by atoms with Gasteiger partial charge in [0.1, 0.15) is 6.04 Å². The minimum absolute atomic E-state index is 0.0717. The zero-order valence-electron chi connectivity index (χ0n) is 12.2. The van der Waals surface area contributed by atoms with Crippen LogP contribution in [0, 0.1) is 13.8 Å². The van der Waals surface area contributed by atoms with Gasteiger partial charge in [-0.15, -0.1) is 0 Å². The van der Waals surface area contributed by atoms with Gasteiger partial charge in [-0.05, 0) is 38.7 Å². The molecule has 1 amide bonds. The Morgan fingerprint density at radius 1 is 1.40 bits per heavy atom. The van der Waals surface area contributed by atoms with Gasteiger partial charge in [0.05, 0.1) is 5.69 Å². The number of carboxylic acid groups (broad SMARTS) is 1. The maximum atomic E-state index is 12.2. The summed E-state index contributed by atoms with van der Waals surface area (Å²) >= 11 is 0. The van der Waals surface area contributed by atoms with Crippen molar-refractivity contribution in [2.75, 3.05) is 6.54 Å². The summed E-state index contributed by atoms with van der Waals surface area (Å²) < 4.78 is 1.81. The Hall–Kier alpha value is -1.85. The third kappa shape index (κ3) is 2.69. The zero-order valence-corrected chi connectivity index (χ0v) is 12.2. The molecule has 0 unspecified atom stereocenters. The number of nitrogens with zero attached hydrogens (tertiary/aromatic N) is 3. The molecule has 0 spiro atoms. The van der Waals surface area contributed by atoms with Crippen molar-refractivity contribution < 1.29 is 14.7 Å². The van der Waals surface area contributed by atoms with Crippen LogP contribution in [0.15, 0.2) is 0 Å². The molecule has 2 rings (SSSR count). The van der Waals surface area contributed by atoms with Gasteiger partial charge in [0.15, 0.2) is 0 Å². The molecule has 0 aliphatic carbocycles. The molecule has 1 saturated heterocycles. The number of hydrogen-bond donors (Lipinski definition) is 1. The number of aliphatic carboxylic acids is 1. The largest absolute Gasteiger partial charge is 0.480 e. The molecule has 0 saturated carbocycles. The highest BCUT2D eigenvalue weighted by atomic mass is 16.4. The van der Waals surface area contributed by atoms with Gasteiger partial charge in [-0.1, -0.05) is 0 Å². The monoisotopic (exact) mass is 279 g/mol. The third-order valence-electron chi connectivity index (χ3n) is 4.11. The first-order chi connectivity index (χ1) is 9.41. The molecule has 0 aromatic carbocycles. The third-order valence-corrected chi connectivity index (χ3v) is 4.11. The van der Waals surface area contributed by atoms with Gasteiger partial charge < -0.3 is 10.0 Å². The van der Waals surface area contributed by atoms with Gasteiger partial charge in [0.2, 0.25) is 5.91 Å². The summed E-state index contributed by atoms with van der Waals surface area (Å²) in [6, 6.07) is -0.640. The van der Waals surface area contributed by atoms with Crippen LogP contribution in [0.4, 0.5) is 0 Å².